The number of carbonyl (C=O) groups excluding carboxylic acids is 1. The van der Waals surface area contributed by atoms with Crippen LogP contribution in [0.25, 0.3) is 0 Å². The molecule has 1 heterocycles. The molecule has 1 aromatic heterocycles. The van der Waals surface area contributed by atoms with Crippen LogP contribution >= 0.6 is 34.5 Å². The minimum atomic E-state index is -0.683. The zero-order chi connectivity index (χ0) is 21.9. The fourth-order valence-corrected chi connectivity index (χ4v) is 3.98. The molecular formula is C22H21Cl2N3O2S. The molecule has 0 amide bonds. The van der Waals surface area contributed by atoms with Gasteiger partial charge in [0.25, 0.3) is 0 Å². The summed E-state index contributed by atoms with van der Waals surface area (Å²) in [5, 5.41) is 7.15. The molecule has 5 nitrogen and oxygen atoms in total. The van der Waals surface area contributed by atoms with Crippen LogP contribution in [0.3, 0.4) is 0 Å². The molecule has 2 N–H and O–H groups in total. The van der Waals surface area contributed by atoms with Gasteiger partial charge in [0.05, 0.1) is 5.01 Å². The lowest BCUT2D eigenvalue weighted by molar-refractivity contribution is 0.0510. The zero-order valence-corrected chi connectivity index (χ0v) is 19.1. The van der Waals surface area contributed by atoms with Gasteiger partial charge in [-0.2, -0.15) is 0 Å². The predicted octanol–water partition coefficient (Wildman–Crippen LogP) is 5.82. The molecule has 0 spiro atoms. The summed E-state index contributed by atoms with van der Waals surface area (Å²) in [6.45, 7) is 6.38. The molecule has 0 aliphatic carbocycles. The first kappa shape index (κ1) is 22.3. The van der Waals surface area contributed by atoms with Crippen molar-refractivity contribution in [1.82, 2.24) is 4.98 Å². The van der Waals surface area contributed by atoms with Crippen LogP contribution in [0.1, 0.15) is 53.0 Å². The molecule has 3 aromatic rings. The summed E-state index contributed by atoms with van der Waals surface area (Å²) in [7, 11) is 0. The number of carbonyl (C=O) groups is 1. The zero-order valence-electron chi connectivity index (χ0n) is 16.8. The number of nitrogens with zero attached hydrogens (tertiary/aromatic N) is 2. The van der Waals surface area contributed by atoms with Gasteiger partial charge in [-0.25, -0.2) is 9.78 Å². The Balaban J connectivity index is 1.66. The minimum Gasteiger partial charge on any atom is -0.380 e. The average Bonchev–Trinajstić information content (AvgIpc) is 3.17. The van der Waals surface area contributed by atoms with Gasteiger partial charge in [-0.15, -0.1) is 11.3 Å². The Morgan fingerprint density at radius 2 is 1.77 bits per heavy atom. The first-order valence-corrected chi connectivity index (χ1v) is 10.8. The van der Waals surface area contributed by atoms with Gasteiger partial charge in [-0.05, 0) is 28.7 Å². The number of amidine groups is 1. The second-order valence-electron chi connectivity index (χ2n) is 7.69. The highest BCUT2D eigenvalue weighted by Crippen LogP contribution is 2.28. The number of rotatable bonds is 5. The maximum atomic E-state index is 12.3. The van der Waals surface area contributed by atoms with E-state index >= 15 is 0 Å². The molecule has 2 aromatic carbocycles. The van der Waals surface area contributed by atoms with E-state index in [9.17, 15) is 4.79 Å². The third-order valence-electron chi connectivity index (χ3n) is 4.42. The number of hydrogen-bond acceptors (Lipinski definition) is 5. The summed E-state index contributed by atoms with van der Waals surface area (Å²) in [5.74, 6) is -0.570. The monoisotopic (exact) mass is 461 g/mol. The van der Waals surface area contributed by atoms with Gasteiger partial charge < -0.3 is 10.6 Å². The van der Waals surface area contributed by atoms with Crippen LogP contribution < -0.4 is 5.73 Å². The molecule has 0 unspecified atom stereocenters. The number of oxime groups is 1. The summed E-state index contributed by atoms with van der Waals surface area (Å²) in [5.41, 5.74) is 8.73. The molecule has 3 rings (SSSR count). The van der Waals surface area contributed by atoms with Crippen molar-refractivity contribution in [2.45, 2.75) is 32.6 Å². The Kier molecular flexibility index (Phi) is 6.81. The number of benzene rings is 2. The van der Waals surface area contributed by atoms with Gasteiger partial charge in [0.15, 0.2) is 11.5 Å². The van der Waals surface area contributed by atoms with E-state index in [0.29, 0.717) is 27.0 Å². The van der Waals surface area contributed by atoms with E-state index < -0.39 is 5.97 Å². The van der Waals surface area contributed by atoms with Crippen LogP contribution in [0.4, 0.5) is 0 Å². The summed E-state index contributed by atoms with van der Waals surface area (Å²) in [4.78, 5) is 21.5. The molecule has 0 fully saturated rings. The van der Waals surface area contributed by atoms with E-state index in [1.54, 1.807) is 23.6 Å². The van der Waals surface area contributed by atoms with E-state index in [2.05, 4.69) is 30.9 Å². The van der Waals surface area contributed by atoms with Crippen molar-refractivity contribution in [3.05, 3.63) is 85.3 Å². The lowest BCUT2D eigenvalue weighted by Gasteiger charge is -2.18. The Labute approximate surface area is 189 Å². The third-order valence-corrected chi connectivity index (χ3v) is 5.98. The maximum absolute atomic E-state index is 12.3. The molecule has 0 aliphatic heterocycles. The van der Waals surface area contributed by atoms with Gasteiger partial charge in [0.1, 0.15) is 0 Å². The predicted molar refractivity (Wildman–Crippen MR) is 123 cm³/mol. The van der Waals surface area contributed by atoms with Crippen molar-refractivity contribution in [3.8, 4) is 0 Å². The first-order valence-electron chi connectivity index (χ1n) is 9.18. The average molecular weight is 462 g/mol. The molecule has 0 aliphatic rings. The second kappa shape index (κ2) is 9.16. The van der Waals surface area contributed by atoms with Crippen LogP contribution in [-0.2, 0) is 16.7 Å². The number of halogens is 2. The Hall–Kier alpha value is -2.41. The van der Waals surface area contributed by atoms with Crippen LogP contribution in [0.15, 0.2) is 53.0 Å². The van der Waals surface area contributed by atoms with Gasteiger partial charge in [-0.1, -0.05) is 79.5 Å². The topological polar surface area (TPSA) is 77.6 Å². The standard InChI is InChI=1S/C22H21Cl2N3O2S/c1-22(2,3)14-9-7-13(8-10-14)20(25)27-29-21(28)18-12-30-19(26-18)11-15-16(23)5-4-6-17(15)24/h4-10,12H,11H2,1-3H3,(H2,25,27). The van der Waals surface area contributed by atoms with E-state index in [-0.39, 0.29) is 16.9 Å². The van der Waals surface area contributed by atoms with Gasteiger partial charge in [-0.3, -0.25) is 0 Å². The number of hydrogen-bond donors (Lipinski definition) is 1. The molecule has 8 heteroatoms. The third kappa shape index (κ3) is 5.39. The van der Waals surface area contributed by atoms with Crippen LogP contribution in [0, 0.1) is 0 Å². The lowest BCUT2D eigenvalue weighted by atomic mass is 9.87. The molecule has 0 bridgehead atoms. The summed E-state index contributed by atoms with van der Waals surface area (Å²) < 4.78 is 0. The van der Waals surface area contributed by atoms with E-state index in [1.165, 1.54) is 16.9 Å². The van der Waals surface area contributed by atoms with Crippen molar-refractivity contribution < 1.29 is 9.63 Å². The lowest BCUT2D eigenvalue weighted by Crippen LogP contribution is -2.16. The number of aromatic nitrogens is 1. The highest BCUT2D eigenvalue weighted by atomic mass is 35.5. The molecule has 0 radical (unpaired) electrons. The van der Waals surface area contributed by atoms with E-state index in [4.69, 9.17) is 33.8 Å². The number of nitrogens with two attached hydrogens (primary N) is 1. The van der Waals surface area contributed by atoms with Gasteiger partial charge in [0.2, 0.25) is 0 Å². The van der Waals surface area contributed by atoms with Crippen molar-refractivity contribution in [2.75, 3.05) is 0 Å². The largest absolute Gasteiger partial charge is 0.384 e. The quantitative estimate of drug-likeness (QED) is 0.225. The minimum absolute atomic E-state index is 0.0352. The van der Waals surface area contributed by atoms with Crippen LogP contribution in [0.2, 0.25) is 10.0 Å². The highest BCUT2D eigenvalue weighted by Gasteiger charge is 2.16. The number of thiazole rings is 1. The molecule has 156 valence electrons. The van der Waals surface area contributed by atoms with Crippen molar-refractivity contribution in [1.29, 1.82) is 0 Å². The maximum Gasteiger partial charge on any atom is 0.384 e. The molecule has 0 saturated heterocycles. The fraction of sp³-hybridized carbons (Fsp3) is 0.227. The Bertz CT molecular complexity index is 1070. The molecule has 0 atom stereocenters. The van der Waals surface area contributed by atoms with Crippen molar-refractivity contribution >= 4 is 46.3 Å². The molecule has 30 heavy (non-hydrogen) atoms. The Morgan fingerprint density at radius 1 is 1.13 bits per heavy atom. The van der Waals surface area contributed by atoms with Gasteiger partial charge in [0, 0.05) is 27.4 Å². The van der Waals surface area contributed by atoms with Crippen molar-refractivity contribution in [3.63, 3.8) is 0 Å². The van der Waals surface area contributed by atoms with Gasteiger partial charge >= 0.3 is 5.97 Å². The fourth-order valence-electron chi connectivity index (χ4n) is 2.67. The Morgan fingerprint density at radius 3 is 2.37 bits per heavy atom. The highest BCUT2D eigenvalue weighted by molar-refractivity contribution is 7.09. The van der Waals surface area contributed by atoms with Crippen molar-refractivity contribution in [2.24, 2.45) is 10.9 Å². The van der Waals surface area contributed by atoms with E-state index in [1.807, 2.05) is 24.3 Å². The van der Waals surface area contributed by atoms with E-state index in [0.717, 1.165) is 5.56 Å². The van der Waals surface area contributed by atoms with Crippen LogP contribution in [-0.4, -0.2) is 16.8 Å². The SMILES string of the molecule is CC(C)(C)c1ccc(C(N)=NOC(=O)c2csc(Cc3c(Cl)cccc3Cl)n2)cc1. The first-order chi connectivity index (χ1) is 14.1. The molecular weight excluding hydrogens is 441 g/mol. The van der Waals surface area contributed by atoms with Crippen LogP contribution in [0.5, 0.6) is 0 Å². The summed E-state index contributed by atoms with van der Waals surface area (Å²) in [6, 6.07) is 13.0. The summed E-state index contributed by atoms with van der Waals surface area (Å²) in [6.07, 6.45) is 0.419. The smallest absolute Gasteiger partial charge is 0.380 e. The second-order valence-corrected chi connectivity index (χ2v) is 9.44. The normalized spacial score (nSPS) is 12.1. The molecule has 0 saturated carbocycles. The summed E-state index contributed by atoms with van der Waals surface area (Å²) >= 11 is 13.7.